The molecular weight excluding hydrogens is 260 g/mol. The molecule has 3 N–H and O–H groups in total. The molecule has 0 heterocycles. The van der Waals surface area contributed by atoms with Gasteiger partial charge in [-0.15, -0.1) is 0 Å². The lowest BCUT2D eigenvalue weighted by molar-refractivity contribution is 0.0365. The smallest absolute Gasteiger partial charge is 0.340 e. The number of hydrogen-bond donors (Lipinski definition) is 2. The van der Waals surface area contributed by atoms with Gasteiger partial charge in [0.05, 0.1) is 24.9 Å². The molecule has 20 heavy (non-hydrogen) atoms. The Kier molecular flexibility index (Phi) is 6.83. The molecule has 0 saturated heterocycles. The largest absolute Gasteiger partial charge is 0.462 e. The Morgan fingerprint density at radius 3 is 2.75 bits per heavy atom. The quantitative estimate of drug-likeness (QED) is 0.555. The number of nitrogens with one attached hydrogen (secondary N) is 1. The maximum absolute atomic E-state index is 11.9. The summed E-state index contributed by atoms with van der Waals surface area (Å²) in [5.41, 5.74) is 7.30. The molecule has 0 spiro atoms. The van der Waals surface area contributed by atoms with Crippen molar-refractivity contribution >= 4 is 17.3 Å². The predicted octanol–water partition coefficient (Wildman–Crippen LogP) is 1.52. The number of carbonyl (C=O) groups excluding carboxylic acids is 1. The average Bonchev–Trinajstić information content (AvgIpc) is 2.44. The molecule has 0 bridgehead atoms. The molecule has 112 valence electrons. The number of ether oxygens (including phenoxy) is 3. The van der Waals surface area contributed by atoms with Crippen molar-refractivity contribution in [2.24, 2.45) is 0 Å². The van der Waals surface area contributed by atoms with Crippen LogP contribution in [-0.4, -0.2) is 46.1 Å². The van der Waals surface area contributed by atoms with Crippen molar-refractivity contribution < 1.29 is 19.0 Å². The molecule has 0 radical (unpaired) electrons. The van der Waals surface area contributed by atoms with E-state index in [4.69, 9.17) is 19.9 Å². The average molecular weight is 282 g/mol. The SMILES string of the molecule is CCOC(=O)c1cc(N)ccc1NCC(COC)OC. The zero-order valence-corrected chi connectivity index (χ0v) is 12.1. The van der Waals surface area contributed by atoms with Crippen molar-refractivity contribution in [1.82, 2.24) is 0 Å². The Morgan fingerprint density at radius 1 is 1.40 bits per heavy atom. The molecule has 0 aliphatic rings. The van der Waals surface area contributed by atoms with E-state index >= 15 is 0 Å². The van der Waals surface area contributed by atoms with Crippen LogP contribution >= 0.6 is 0 Å². The summed E-state index contributed by atoms with van der Waals surface area (Å²) in [5.74, 6) is -0.400. The van der Waals surface area contributed by atoms with E-state index in [9.17, 15) is 4.79 Å². The minimum Gasteiger partial charge on any atom is -0.462 e. The van der Waals surface area contributed by atoms with Crippen LogP contribution in [-0.2, 0) is 14.2 Å². The molecular formula is C14H22N2O4. The predicted molar refractivity (Wildman–Crippen MR) is 78.0 cm³/mol. The van der Waals surface area contributed by atoms with E-state index in [2.05, 4.69) is 5.32 Å². The van der Waals surface area contributed by atoms with E-state index in [1.54, 1.807) is 39.3 Å². The van der Waals surface area contributed by atoms with E-state index in [1.165, 1.54) is 0 Å². The first kappa shape index (κ1) is 16.3. The highest BCUT2D eigenvalue weighted by Crippen LogP contribution is 2.20. The van der Waals surface area contributed by atoms with Gasteiger partial charge in [0.1, 0.15) is 0 Å². The fraction of sp³-hybridized carbons (Fsp3) is 0.500. The van der Waals surface area contributed by atoms with E-state index in [0.717, 1.165) is 0 Å². The monoisotopic (exact) mass is 282 g/mol. The number of carbonyl (C=O) groups is 1. The molecule has 1 rings (SSSR count). The third kappa shape index (κ3) is 4.71. The van der Waals surface area contributed by atoms with Gasteiger partial charge in [0.15, 0.2) is 0 Å². The number of nitrogen functional groups attached to an aromatic ring is 1. The van der Waals surface area contributed by atoms with E-state index in [0.29, 0.717) is 36.7 Å². The van der Waals surface area contributed by atoms with Gasteiger partial charge >= 0.3 is 5.97 Å². The zero-order valence-electron chi connectivity index (χ0n) is 12.1. The molecule has 0 aliphatic carbocycles. The van der Waals surface area contributed by atoms with Crippen molar-refractivity contribution in [2.75, 3.05) is 45.0 Å². The van der Waals surface area contributed by atoms with Crippen molar-refractivity contribution in [3.8, 4) is 0 Å². The maximum atomic E-state index is 11.9. The highest BCUT2D eigenvalue weighted by Gasteiger charge is 2.14. The molecule has 0 fully saturated rings. The maximum Gasteiger partial charge on any atom is 0.340 e. The number of benzene rings is 1. The molecule has 0 aliphatic heterocycles. The summed E-state index contributed by atoms with van der Waals surface area (Å²) >= 11 is 0. The third-order valence-electron chi connectivity index (χ3n) is 2.75. The van der Waals surface area contributed by atoms with Crippen LogP contribution < -0.4 is 11.1 Å². The van der Waals surface area contributed by atoms with E-state index < -0.39 is 5.97 Å². The summed E-state index contributed by atoms with van der Waals surface area (Å²) in [7, 11) is 3.22. The summed E-state index contributed by atoms with van der Waals surface area (Å²) in [4.78, 5) is 11.9. The topological polar surface area (TPSA) is 82.8 Å². The van der Waals surface area contributed by atoms with Crippen molar-refractivity contribution in [1.29, 1.82) is 0 Å². The van der Waals surface area contributed by atoms with Gasteiger partial charge in [-0.05, 0) is 25.1 Å². The van der Waals surface area contributed by atoms with Crippen molar-refractivity contribution in [2.45, 2.75) is 13.0 Å². The van der Waals surface area contributed by atoms with Crippen LogP contribution in [0, 0.1) is 0 Å². The van der Waals surface area contributed by atoms with Gasteiger partial charge in [0.2, 0.25) is 0 Å². The lowest BCUT2D eigenvalue weighted by atomic mass is 10.1. The molecule has 1 unspecified atom stereocenters. The number of methoxy groups -OCH3 is 2. The Hall–Kier alpha value is -1.79. The standard InChI is InChI=1S/C14H22N2O4/c1-4-20-14(17)12-7-10(15)5-6-13(12)16-8-11(19-3)9-18-2/h5-7,11,16H,4,8-9,15H2,1-3H3. The summed E-state index contributed by atoms with van der Waals surface area (Å²) in [6, 6.07) is 5.07. The van der Waals surface area contributed by atoms with Gasteiger partial charge in [0.25, 0.3) is 0 Å². The van der Waals surface area contributed by atoms with Crippen LogP contribution in [0.15, 0.2) is 18.2 Å². The third-order valence-corrected chi connectivity index (χ3v) is 2.75. The number of esters is 1. The second-order valence-electron chi connectivity index (χ2n) is 4.22. The van der Waals surface area contributed by atoms with E-state index in [-0.39, 0.29) is 6.10 Å². The van der Waals surface area contributed by atoms with Gasteiger partial charge in [0, 0.05) is 32.1 Å². The molecule has 0 aromatic heterocycles. The molecule has 0 saturated carbocycles. The summed E-state index contributed by atoms with van der Waals surface area (Å²) in [5, 5.41) is 3.15. The van der Waals surface area contributed by atoms with Crippen LogP contribution in [0.3, 0.4) is 0 Å². The Balaban J connectivity index is 2.80. The summed E-state index contributed by atoms with van der Waals surface area (Å²) in [6.45, 7) is 3.06. The van der Waals surface area contributed by atoms with Crippen molar-refractivity contribution in [3.05, 3.63) is 23.8 Å². The minimum absolute atomic E-state index is 0.104. The molecule has 1 atom stereocenters. The van der Waals surface area contributed by atoms with Gasteiger partial charge in [-0.25, -0.2) is 4.79 Å². The molecule has 0 amide bonds. The fourth-order valence-electron chi connectivity index (χ4n) is 1.71. The first-order valence-electron chi connectivity index (χ1n) is 6.44. The van der Waals surface area contributed by atoms with Crippen molar-refractivity contribution in [3.63, 3.8) is 0 Å². The van der Waals surface area contributed by atoms with E-state index in [1.807, 2.05) is 0 Å². The van der Waals surface area contributed by atoms with Crippen LogP contribution in [0.4, 0.5) is 11.4 Å². The highest BCUT2D eigenvalue weighted by molar-refractivity contribution is 5.96. The minimum atomic E-state index is -0.400. The second kappa shape index (κ2) is 8.39. The first-order chi connectivity index (χ1) is 9.62. The van der Waals surface area contributed by atoms with Crippen LogP contribution in [0.5, 0.6) is 0 Å². The van der Waals surface area contributed by atoms with Gasteiger partial charge in [-0.2, -0.15) is 0 Å². The molecule has 1 aromatic carbocycles. The zero-order chi connectivity index (χ0) is 15.0. The number of nitrogens with two attached hydrogens (primary N) is 1. The Bertz CT molecular complexity index is 437. The number of anilines is 2. The fourth-order valence-corrected chi connectivity index (χ4v) is 1.71. The highest BCUT2D eigenvalue weighted by atomic mass is 16.5. The Labute approximate surface area is 119 Å². The normalized spacial score (nSPS) is 11.9. The van der Waals surface area contributed by atoms with Gasteiger partial charge in [-0.1, -0.05) is 0 Å². The van der Waals surface area contributed by atoms with Gasteiger partial charge in [-0.3, -0.25) is 0 Å². The summed E-state index contributed by atoms with van der Waals surface area (Å²) < 4.78 is 15.3. The van der Waals surface area contributed by atoms with Crippen LogP contribution in [0.25, 0.3) is 0 Å². The lowest BCUT2D eigenvalue weighted by Gasteiger charge is -2.17. The Morgan fingerprint density at radius 2 is 2.15 bits per heavy atom. The number of rotatable bonds is 8. The second-order valence-corrected chi connectivity index (χ2v) is 4.22. The number of hydrogen-bond acceptors (Lipinski definition) is 6. The molecule has 6 nitrogen and oxygen atoms in total. The van der Waals surface area contributed by atoms with Crippen LogP contribution in [0.1, 0.15) is 17.3 Å². The first-order valence-corrected chi connectivity index (χ1v) is 6.44. The molecule has 1 aromatic rings. The lowest BCUT2D eigenvalue weighted by Crippen LogP contribution is -2.27. The summed E-state index contributed by atoms with van der Waals surface area (Å²) in [6.07, 6.45) is -0.104. The van der Waals surface area contributed by atoms with Crippen LogP contribution in [0.2, 0.25) is 0 Å². The molecule has 6 heteroatoms. The van der Waals surface area contributed by atoms with Gasteiger partial charge < -0.3 is 25.3 Å².